The summed E-state index contributed by atoms with van der Waals surface area (Å²) in [5, 5.41) is 6.19. The van der Waals surface area contributed by atoms with E-state index in [1.165, 1.54) is 0 Å². The second kappa shape index (κ2) is 6.24. The van der Waals surface area contributed by atoms with Gasteiger partial charge in [0.2, 0.25) is 5.91 Å². The summed E-state index contributed by atoms with van der Waals surface area (Å²) in [7, 11) is 0. The van der Waals surface area contributed by atoms with E-state index in [9.17, 15) is 4.79 Å². The lowest BCUT2D eigenvalue weighted by Gasteiger charge is -2.35. The first kappa shape index (κ1) is 14.8. The molecule has 5 nitrogen and oxygen atoms in total. The first-order valence-corrected chi connectivity index (χ1v) is 6.93. The highest BCUT2D eigenvalue weighted by Gasteiger charge is 2.28. The van der Waals surface area contributed by atoms with Crippen LogP contribution in [0.3, 0.4) is 0 Å². The van der Waals surface area contributed by atoms with Crippen LogP contribution in [-0.2, 0) is 14.3 Å². The number of rotatable bonds is 4. The Morgan fingerprint density at radius 3 is 2.60 bits per heavy atom. The molecular weight excluding hydrogens is 256 g/mol. The quantitative estimate of drug-likeness (QED) is 0.888. The molecule has 5 heteroatoms. The molecule has 1 aromatic rings. The molecule has 1 aliphatic rings. The second-order valence-corrected chi connectivity index (χ2v) is 5.35. The third-order valence-corrected chi connectivity index (χ3v) is 3.10. The highest BCUT2D eigenvalue weighted by molar-refractivity contribution is 5.90. The van der Waals surface area contributed by atoms with Crippen LogP contribution in [0.15, 0.2) is 24.3 Å². The highest BCUT2D eigenvalue weighted by Crippen LogP contribution is 2.21. The second-order valence-electron chi connectivity index (χ2n) is 5.35. The Morgan fingerprint density at radius 1 is 1.30 bits per heavy atom. The molecule has 1 aliphatic heterocycles. The van der Waals surface area contributed by atoms with Crippen molar-refractivity contribution in [3.8, 4) is 0 Å². The maximum absolute atomic E-state index is 11.4. The van der Waals surface area contributed by atoms with Crippen LogP contribution in [0.4, 0.5) is 11.4 Å². The number of anilines is 2. The van der Waals surface area contributed by atoms with Gasteiger partial charge in [-0.25, -0.2) is 0 Å². The zero-order valence-corrected chi connectivity index (χ0v) is 12.2. The molecule has 0 atom stereocenters. The van der Waals surface area contributed by atoms with Crippen LogP contribution in [0.2, 0.25) is 0 Å². The molecule has 0 bridgehead atoms. The summed E-state index contributed by atoms with van der Waals surface area (Å²) in [6.45, 7) is 6.83. The zero-order chi connectivity index (χ0) is 14.6. The Labute approximate surface area is 119 Å². The van der Waals surface area contributed by atoms with E-state index in [-0.39, 0.29) is 11.9 Å². The van der Waals surface area contributed by atoms with E-state index in [0.717, 1.165) is 11.4 Å². The van der Waals surface area contributed by atoms with Gasteiger partial charge < -0.3 is 20.1 Å². The molecule has 0 radical (unpaired) electrons. The maximum atomic E-state index is 11.4. The van der Waals surface area contributed by atoms with E-state index in [1.54, 1.807) is 0 Å². The van der Waals surface area contributed by atoms with Crippen LogP contribution in [-0.4, -0.2) is 30.9 Å². The Bertz CT molecular complexity index is 464. The Kier molecular flexibility index (Phi) is 4.62. The van der Waals surface area contributed by atoms with Gasteiger partial charge in [0.25, 0.3) is 0 Å². The lowest BCUT2D eigenvalue weighted by molar-refractivity contribution is -0.247. The largest absolute Gasteiger partial charge is 0.378 e. The van der Waals surface area contributed by atoms with Crippen LogP contribution >= 0.6 is 0 Å². The third kappa shape index (κ3) is 4.21. The number of hydrogen-bond donors (Lipinski definition) is 2. The van der Waals surface area contributed by atoms with E-state index in [0.29, 0.717) is 19.6 Å². The van der Waals surface area contributed by atoms with Crippen molar-refractivity contribution in [3.05, 3.63) is 24.3 Å². The van der Waals surface area contributed by atoms with Gasteiger partial charge in [-0.15, -0.1) is 0 Å². The molecule has 0 aromatic heterocycles. The summed E-state index contributed by atoms with van der Waals surface area (Å²) in [6, 6.07) is 7.76. The van der Waals surface area contributed by atoms with Gasteiger partial charge in [-0.1, -0.05) is 13.0 Å². The maximum Gasteiger partial charge on any atom is 0.224 e. The summed E-state index contributed by atoms with van der Waals surface area (Å²) >= 11 is 0. The molecule has 0 saturated carbocycles. The molecule has 20 heavy (non-hydrogen) atoms. The molecule has 2 rings (SSSR count). The number of ether oxygens (including phenoxy) is 2. The average Bonchev–Trinajstić information content (AvgIpc) is 2.41. The number of benzene rings is 1. The van der Waals surface area contributed by atoms with Gasteiger partial charge in [0.15, 0.2) is 5.79 Å². The van der Waals surface area contributed by atoms with E-state index >= 15 is 0 Å². The smallest absolute Gasteiger partial charge is 0.224 e. The number of nitrogens with one attached hydrogen (secondary N) is 2. The van der Waals surface area contributed by atoms with E-state index in [2.05, 4.69) is 10.6 Å². The van der Waals surface area contributed by atoms with Crippen molar-refractivity contribution in [2.75, 3.05) is 23.8 Å². The van der Waals surface area contributed by atoms with E-state index in [1.807, 2.05) is 45.0 Å². The van der Waals surface area contributed by atoms with Crippen molar-refractivity contribution in [2.45, 2.75) is 39.0 Å². The van der Waals surface area contributed by atoms with Crippen molar-refractivity contribution >= 4 is 17.3 Å². The summed E-state index contributed by atoms with van der Waals surface area (Å²) in [5.41, 5.74) is 1.73. The van der Waals surface area contributed by atoms with Crippen molar-refractivity contribution < 1.29 is 14.3 Å². The first-order valence-electron chi connectivity index (χ1n) is 6.93. The molecule has 1 aromatic carbocycles. The molecule has 1 saturated heterocycles. The van der Waals surface area contributed by atoms with Crippen LogP contribution < -0.4 is 10.6 Å². The predicted octanol–water partition coefficient (Wildman–Crippen LogP) is 2.60. The molecule has 1 heterocycles. The fourth-order valence-electron chi connectivity index (χ4n) is 1.95. The fourth-order valence-corrected chi connectivity index (χ4v) is 1.95. The standard InChI is InChI=1S/C15H22N2O3/c1-4-14(18)17-12-7-5-6-11(8-12)16-13-9-19-15(2,3)20-10-13/h5-8,13,16H,4,9-10H2,1-3H3,(H,17,18). The minimum atomic E-state index is -0.505. The summed E-state index contributed by atoms with van der Waals surface area (Å²) in [6.07, 6.45) is 0.469. The topological polar surface area (TPSA) is 59.6 Å². The summed E-state index contributed by atoms with van der Waals surface area (Å²) in [5.74, 6) is -0.497. The lowest BCUT2D eigenvalue weighted by Crippen LogP contribution is -2.45. The SMILES string of the molecule is CCC(=O)Nc1cccc(NC2COC(C)(C)OC2)c1. The highest BCUT2D eigenvalue weighted by atomic mass is 16.7. The van der Waals surface area contributed by atoms with E-state index in [4.69, 9.17) is 9.47 Å². The van der Waals surface area contributed by atoms with Gasteiger partial charge in [-0.3, -0.25) is 4.79 Å². The molecule has 0 aliphatic carbocycles. The molecule has 110 valence electrons. The average molecular weight is 278 g/mol. The lowest BCUT2D eigenvalue weighted by atomic mass is 10.2. The predicted molar refractivity (Wildman–Crippen MR) is 78.8 cm³/mol. The van der Waals surface area contributed by atoms with Crippen LogP contribution in [0.5, 0.6) is 0 Å². The van der Waals surface area contributed by atoms with Crippen LogP contribution in [0.1, 0.15) is 27.2 Å². The van der Waals surface area contributed by atoms with Gasteiger partial charge in [0.05, 0.1) is 19.3 Å². The van der Waals surface area contributed by atoms with Crippen LogP contribution in [0, 0.1) is 0 Å². The van der Waals surface area contributed by atoms with Gasteiger partial charge in [-0.2, -0.15) is 0 Å². The van der Waals surface area contributed by atoms with Crippen molar-refractivity contribution in [1.29, 1.82) is 0 Å². The first-order chi connectivity index (χ1) is 9.48. The molecular formula is C15H22N2O3. The Morgan fingerprint density at radius 2 is 1.95 bits per heavy atom. The molecule has 1 fully saturated rings. The fraction of sp³-hybridized carbons (Fsp3) is 0.533. The Hall–Kier alpha value is -1.59. The molecule has 2 N–H and O–H groups in total. The molecule has 1 amide bonds. The van der Waals surface area contributed by atoms with Crippen molar-refractivity contribution in [3.63, 3.8) is 0 Å². The summed E-state index contributed by atoms with van der Waals surface area (Å²) in [4.78, 5) is 11.4. The monoisotopic (exact) mass is 278 g/mol. The third-order valence-electron chi connectivity index (χ3n) is 3.10. The molecule has 0 unspecified atom stereocenters. The zero-order valence-electron chi connectivity index (χ0n) is 12.2. The van der Waals surface area contributed by atoms with Crippen molar-refractivity contribution in [2.24, 2.45) is 0 Å². The van der Waals surface area contributed by atoms with Gasteiger partial charge in [-0.05, 0) is 32.0 Å². The minimum Gasteiger partial charge on any atom is -0.378 e. The normalized spacial score (nSPS) is 18.6. The van der Waals surface area contributed by atoms with E-state index < -0.39 is 5.79 Å². The van der Waals surface area contributed by atoms with Crippen molar-refractivity contribution in [1.82, 2.24) is 0 Å². The van der Waals surface area contributed by atoms with Crippen LogP contribution in [0.25, 0.3) is 0 Å². The van der Waals surface area contributed by atoms with Gasteiger partial charge in [0.1, 0.15) is 0 Å². The number of carbonyl (C=O) groups is 1. The summed E-state index contributed by atoms with van der Waals surface area (Å²) < 4.78 is 11.2. The van der Waals surface area contributed by atoms with Gasteiger partial charge in [0, 0.05) is 17.8 Å². The minimum absolute atomic E-state index is 0.00762. The van der Waals surface area contributed by atoms with Gasteiger partial charge >= 0.3 is 0 Å². The number of amides is 1. The number of carbonyl (C=O) groups excluding carboxylic acids is 1. The molecule has 0 spiro atoms. The Balaban J connectivity index is 1.93. The number of hydrogen-bond acceptors (Lipinski definition) is 4.